The fraction of sp³-hybridized carbons (Fsp3) is 0.727. The highest BCUT2D eigenvalue weighted by molar-refractivity contribution is 5.95. The molecule has 1 saturated carbocycles. The molecule has 2 amide bonds. The molecule has 3 saturated heterocycles. The normalized spacial score (nSPS) is 30.2. The monoisotopic (exact) mass is 609 g/mol. The highest BCUT2D eigenvalue weighted by Crippen LogP contribution is 2.45. The lowest BCUT2D eigenvalue weighted by molar-refractivity contribution is -0.129. The van der Waals surface area contributed by atoms with E-state index >= 15 is 0 Å². The lowest BCUT2D eigenvalue weighted by atomic mass is 9.71. The van der Waals surface area contributed by atoms with Gasteiger partial charge in [0.25, 0.3) is 11.8 Å². The van der Waals surface area contributed by atoms with E-state index < -0.39 is 11.9 Å². The number of anilines is 1. The lowest BCUT2D eigenvalue weighted by Gasteiger charge is -2.54. The largest absolute Gasteiger partial charge is 0.465 e. The third kappa shape index (κ3) is 6.21. The van der Waals surface area contributed by atoms with Gasteiger partial charge >= 0.3 is 0 Å². The summed E-state index contributed by atoms with van der Waals surface area (Å²) in [5, 5.41) is 11.6. The molecule has 4 heterocycles. The van der Waals surface area contributed by atoms with Crippen LogP contribution in [0.3, 0.4) is 0 Å². The quantitative estimate of drug-likeness (QED) is 0.471. The van der Waals surface area contributed by atoms with Crippen LogP contribution < -0.4 is 15.0 Å². The zero-order valence-electron chi connectivity index (χ0n) is 26.7. The third-order valence-electron chi connectivity index (χ3n) is 10.9. The zero-order valence-corrected chi connectivity index (χ0v) is 26.7. The number of ether oxygens (including phenoxy) is 1. The van der Waals surface area contributed by atoms with Gasteiger partial charge in [0.15, 0.2) is 5.82 Å². The average molecular weight is 610 g/mol. The van der Waals surface area contributed by atoms with Crippen molar-refractivity contribution in [1.29, 1.82) is 0 Å². The fourth-order valence-electron chi connectivity index (χ4n) is 8.20. The van der Waals surface area contributed by atoms with Gasteiger partial charge in [0.1, 0.15) is 18.3 Å². The molecule has 1 N–H and O–H groups in total. The molecule has 1 aromatic heterocycles. The number of nitrogens with one attached hydrogen (secondary N) is 1. The SMILES string of the molecule is CCN(C(=O)C1=CC(F)=CC(C)C1Oc1nncnc1N1CC2(CCN(CC3CCC4(CCC(=O)N4)CC3)CC2)C1)C(C)C. The predicted molar refractivity (Wildman–Crippen MR) is 166 cm³/mol. The van der Waals surface area contributed by atoms with Crippen LogP contribution in [0.4, 0.5) is 10.2 Å². The van der Waals surface area contributed by atoms with Crippen molar-refractivity contribution < 1.29 is 18.7 Å². The van der Waals surface area contributed by atoms with E-state index in [2.05, 4.69) is 30.3 Å². The molecule has 2 unspecified atom stereocenters. The summed E-state index contributed by atoms with van der Waals surface area (Å²) in [5.41, 5.74) is 0.637. The number of carbonyl (C=O) groups is 2. The van der Waals surface area contributed by atoms with Crippen LogP contribution in [0.15, 0.2) is 29.9 Å². The first-order valence-electron chi connectivity index (χ1n) is 16.6. The minimum atomic E-state index is -0.690. The smallest absolute Gasteiger partial charge is 0.277 e. The van der Waals surface area contributed by atoms with Crippen LogP contribution in [0.25, 0.3) is 0 Å². The van der Waals surface area contributed by atoms with Crippen molar-refractivity contribution in [1.82, 2.24) is 30.3 Å². The van der Waals surface area contributed by atoms with Gasteiger partial charge in [-0.2, -0.15) is 0 Å². The maximum Gasteiger partial charge on any atom is 0.277 e. The summed E-state index contributed by atoms with van der Waals surface area (Å²) >= 11 is 0. The Morgan fingerprint density at radius 2 is 1.91 bits per heavy atom. The topological polar surface area (TPSA) is 104 Å². The molecule has 240 valence electrons. The first kappa shape index (κ1) is 30.9. The van der Waals surface area contributed by atoms with Gasteiger partial charge in [-0.1, -0.05) is 6.92 Å². The summed E-state index contributed by atoms with van der Waals surface area (Å²) in [6.45, 7) is 13.3. The summed E-state index contributed by atoms with van der Waals surface area (Å²) in [4.78, 5) is 36.4. The molecule has 0 aromatic carbocycles. The van der Waals surface area contributed by atoms with E-state index in [-0.39, 0.29) is 40.6 Å². The second-order valence-corrected chi connectivity index (χ2v) is 14.3. The molecule has 11 heteroatoms. The van der Waals surface area contributed by atoms with E-state index in [9.17, 15) is 14.0 Å². The minimum Gasteiger partial charge on any atom is -0.465 e. The molecule has 6 rings (SSSR count). The van der Waals surface area contributed by atoms with Crippen molar-refractivity contribution in [2.45, 2.75) is 96.7 Å². The van der Waals surface area contributed by atoms with Crippen LogP contribution in [-0.2, 0) is 9.59 Å². The number of rotatable bonds is 8. The van der Waals surface area contributed by atoms with Gasteiger partial charge in [-0.3, -0.25) is 9.59 Å². The van der Waals surface area contributed by atoms with Crippen LogP contribution in [0, 0.1) is 17.3 Å². The number of likely N-dealkylation sites (tertiary alicyclic amines) is 1. The Hall–Kier alpha value is -3.08. The van der Waals surface area contributed by atoms with Crippen LogP contribution >= 0.6 is 0 Å². The van der Waals surface area contributed by atoms with Crippen molar-refractivity contribution in [3.05, 3.63) is 29.9 Å². The molecule has 3 aliphatic heterocycles. The molecule has 1 aromatic rings. The first-order valence-corrected chi connectivity index (χ1v) is 16.6. The Labute approximate surface area is 260 Å². The van der Waals surface area contributed by atoms with Crippen molar-refractivity contribution in [2.24, 2.45) is 17.3 Å². The molecule has 0 radical (unpaired) electrons. The van der Waals surface area contributed by atoms with Gasteiger partial charge in [-0.15, -0.1) is 10.2 Å². The lowest BCUT2D eigenvalue weighted by Crippen LogP contribution is -2.61. The molecule has 0 bridgehead atoms. The number of amides is 2. The Kier molecular flexibility index (Phi) is 8.69. The van der Waals surface area contributed by atoms with E-state index in [1.54, 1.807) is 4.90 Å². The Morgan fingerprint density at radius 3 is 2.55 bits per heavy atom. The van der Waals surface area contributed by atoms with E-state index in [0.29, 0.717) is 24.4 Å². The van der Waals surface area contributed by atoms with E-state index in [1.807, 2.05) is 27.7 Å². The molecule has 2 aliphatic carbocycles. The van der Waals surface area contributed by atoms with Gasteiger partial charge in [0.2, 0.25) is 5.91 Å². The average Bonchev–Trinajstić information content (AvgIpc) is 3.35. The Morgan fingerprint density at radius 1 is 1.18 bits per heavy atom. The zero-order chi connectivity index (χ0) is 31.1. The number of nitrogens with zero attached hydrogens (tertiary/aromatic N) is 6. The van der Waals surface area contributed by atoms with Gasteiger partial charge < -0.3 is 24.8 Å². The van der Waals surface area contributed by atoms with Gasteiger partial charge in [-0.25, -0.2) is 9.37 Å². The van der Waals surface area contributed by atoms with Crippen LogP contribution in [0.5, 0.6) is 5.88 Å². The number of piperidine rings is 1. The molecule has 2 spiro atoms. The number of allylic oxidation sites excluding steroid dienone is 2. The number of halogens is 1. The van der Waals surface area contributed by atoms with E-state index in [4.69, 9.17) is 4.74 Å². The number of aromatic nitrogens is 3. The molecule has 4 fully saturated rings. The summed E-state index contributed by atoms with van der Waals surface area (Å²) in [7, 11) is 0. The third-order valence-corrected chi connectivity index (χ3v) is 10.9. The van der Waals surface area contributed by atoms with Gasteiger partial charge in [-0.05, 0) is 96.9 Å². The highest BCUT2D eigenvalue weighted by atomic mass is 19.1. The fourth-order valence-corrected chi connectivity index (χ4v) is 8.20. The maximum atomic E-state index is 14.5. The maximum absolute atomic E-state index is 14.5. The number of carbonyl (C=O) groups excluding carboxylic acids is 2. The van der Waals surface area contributed by atoms with Gasteiger partial charge in [0.05, 0.1) is 5.57 Å². The predicted octanol–water partition coefficient (Wildman–Crippen LogP) is 4.05. The van der Waals surface area contributed by atoms with Crippen molar-refractivity contribution in [2.75, 3.05) is 44.2 Å². The molecule has 44 heavy (non-hydrogen) atoms. The molecule has 10 nitrogen and oxygen atoms in total. The van der Waals surface area contributed by atoms with E-state index in [1.165, 1.54) is 31.3 Å². The Balaban J connectivity index is 1.04. The van der Waals surface area contributed by atoms with Crippen LogP contribution in [0.2, 0.25) is 0 Å². The Bertz CT molecular complexity index is 1290. The number of likely N-dealkylation sites (N-methyl/N-ethyl adjacent to an activating group) is 1. The first-order chi connectivity index (χ1) is 21.1. The summed E-state index contributed by atoms with van der Waals surface area (Å²) < 4.78 is 20.9. The minimum absolute atomic E-state index is 0.0216. The van der Waals surface area contributed by atoms with Crippen LogP contribution in [0.1, 0.15) is 79.1 Å². The molecular formula is C33H48FN7O3. The highest BCUT2D eigenvalue weighted by Gasteiger charge is 2.47. The molecular weight excluding hydrogens is 561 g/mol. The summed E-state index contributed by atoms with van der Waals surface area (Å²) in [5.74, 6) is 0.850. The standard InChI is InChI=1S/C33H48FN7O3/c1-5-41(22(2)3)31(43)26-17-25(34)16-23(4)28(26)44-30-29(35-21-36-38-30)40-19-32(20-40)12-14-39(15-13-32)18-24-6-9-33(10-7-24)11-8-27(42)37-33/h16-17,21-24,28H,5-15,18-20H2,1-4H3,(H,37,42). The number of hydrogen-bond donors (Lipinski definition) is 1. The van der Waals surface area contributed by atoms with Crippen molar-refractivity contribution in [3.8, 4) is 5.88 Å². The molecule has 2 atom stereocenters. The number of hydrogen-bond acceptors (Lipinski definition) is 8. The second kappa shape index (κ2) is 12.4. The second-order valence-electron chi connectivity index (χ2n) is 14.3. The van der Waals surface area contributed by atoms with E-state index in [0.717, 1.165) is 70.7 Å². The van der Waals surface area contributed by atoms with Gasteiger partial charge in [0, 0.05) is 55.5 Å². The summed E-state index contributed by atoms with van der Waals surface area (Å²) in [6.07, 6.45) is 12.2. The molecule has 5 aliphatic rings. The summed E-state index contributed by atoms with van der Waals surface area (Å²) in [6, 6.07) is -0.0216. The van der Waals surface area contributed by atoms with Crippen molar-refractivity contribution in [3.63, 3.8) is 0 Å². The van der Waals surface area contributed by atoms with Crippen LogP contribution in [-0.4, -0.2) is 93.7 Å². The van der Waals surface area contributed by atoms with Crippen molar-refractivity contribution >= 4 is 17.6 Å².